The molecule has 2 N–H and O–H groups in total. The topological polar surface area (TPSA) is 84.1 Å². The fraction of sp³-hybridized carbons (Fsp3) is 0.545. The maximum absolute atomic E-state index is 11.9. The van der Waals surface area contributed by atoms with Crippen LogP contribution in [0.15, 0.2) is 16.9 Å². The smallest absolute Gasteiger partial charge is 0.272 e. The highest BCUT2D eigenvalue weighted by molar-refractivity contribution is 5.92. The Bertz CT molecular complexity index is 465. The Hall–Kier alpha value is -1.69. The summed E-state index contributed by atoms with van der Waals surface area (Å²) in [5.41, 5.74) is -0.509. The lowest BCUT2D eigenvalue weighted by Gasteiger charge is -2.28. The summed E-state index contributed by atoms with van der Waals surface area (Å²) < 4.78 is 5.43. The molecule has 2 heterocycles. The van der Waals surface area contributed by atoms with Gasteiger partial charge in [-0.25, -0.2) is 5.10 Å². The Kier molecular flexibility index (Phi) is 2.97. The van der Waals surface area contributed by atoms with Crippen LogP contribution in [-0.4, -0.2) is 34.4 Å². The van der Waals surface area contributed by atoms with Gasteiger partial charge < -0.3 is 10.1 Å². The first-order chi connectivity index (χ1) is 8.01. The first-order valence-corrected chi connectivity index (χ1v) is 5.51. The van der Waals surface area contributed by atoms with Crippen LogP contribution in [0.5, 0.6) is 0 Å². The van der Waals surface area contributed by atoms with Crippen molar-refractivity contribution in [1.82, 2.24) is 15.5 Å². The lowest BCUT2D eigenvalue weighted by Crippen LogP contribution is -2.50. The molecule has 1 fully saturated rings. The molecule has 1 saturated heterocycles. The van der Waals surface area contributed by atoms with Gasteiger partial charge in [0.05, 0.1) is 11.6 Å². The van der Waals surface area contributed by atoms with E-state index in [4.69, 9.17) is 4.74 Å². The van der Waals surface area contributed by atoms with Crippen LogP contribution in [0.4, 0.5) is 0 Å². The van der Waals surface area contributed by atoms with E-state index in [0.717, 1.165) is 6.42 Å². The van der Waals surface area contributed by atoms with Crippen LogP contribution in [0.3, 0.4) is 0 Å². The molecule has 1 aromatic rings. The van der Waals surface area contributed by atoms with Crippen LogP contribution in [0.1, 0.15) is 30.8 Å². The van der Waals surface area contributed by atoms with E-state index in [9.17, 15) is 9.59 Å². The van der Waals surface area contributed by atoms with E-state index in [0.29, 0.717) is 6.61 Å². The van der Waals surface area contributed by atoms with Gasteiger partial charge >= 0.3 is 0 Å². The van der Waals surface area contributed by atoms with E-state index < -0.39 is 0 Å². The summed E-state index contributed by atoms with van der Waals surface area (Å²) >= 11 is 0. The maximum atomic E-state index is 11.9. The lowest BCUT2D eigenvalue weighted by molar-refractivity contribution is 0.0723. The summed E-state index contributed by atoms with van der Waals surface area (Å²) in [6.07, 6.45) is 0.734. The van der Waals surface area contributed by atoms with Gasteiger partial charge in [0, 0.05) is 12.7 Å². The maximum Gasteiger partial charge on any atom is 0.272 e. The van der Waals surface area contributed by atoms with Crippen LogP contribution in [-0.2, 0) is 4.74 Å². The van der Waals surface area contributed by atoms with Crippen molar-refractivity contribution in [2.45, 2.75) is 31.9 Å². The Labute approximate surface area is 98.4 Å². The van der Waals surface area contributed by atoms with Gasteiger partial charge in [0.1, 0.15) is 5.69 Å². The number of aromatic amines is 1. The van der Waals surface area contributed by atoms with Crippen molar-refractivity contribution < 1.29 is 9.53 Å². The molecule has 6 heteroatoms. The van der Waals surface area contributed by atoms with E-state index >= 15 is 0 Å². The minimum atomic E-state index is -0.380. The number of hydrogen-bond donors (Lipinski definition) is 2. The van der Waals surface area contributed by atoms with Crippen molar-refractivity contribution in [3.05, 3.63) is 28.2 Å². The standard InChI is InChI=1S/C11H15N3O3/c1-7-11(2,5-6-17-7)12-10(16)8-3-4-9(15)14-13-8/h3-4,7H,5-6H2,1-2H3,(H,12,16)(H,14,15). The molecule has 0 bridgehead atoms. The highest BCUT2D eigenvalue weighted by Crippen LogP contribution is 2.25. The molecule has 0 aromatic carbocycles. The average Bonchev–Trinajstić information content (AvgIpc) is 2.60. The number of carbonyl (C=O) groups excluding carboxylic acids is 1. The summed E-state index contributed by atoms with van der Waals surface area (Å²) in [5.74, 6) is -0.305. The second kappa shape index (κ2) is 4.29. The van der Waals surface area contributed by atoms with Gasteiger partial charge in [0.15, 0.2) is 0 Å². The number of nitrogens with zero attached hydrogens (tertiary/aromatic N) is 1. The first kappa shape index (κ1) is 11.8. The zero-order valence-electron chi connectivity index (χ0n) is 9.82. The quantitative estimate of drug-likeness (QED) is 0.762. The van der Waals surface area contributed by atoms with Gasteiger partial charge in [-0.2, -0.15) is 5.10 Å². The number of rotatable bonds is 2. The van der Waals surface area contributed by atoms with E-state index in [1.165, 1.54) is 12.1 Å². The van der Waals surface area contributed by atoms with Crippen molar-refractivity contribution in [1.29, 1.82) is 0 Å². The van der Waals surface area contributed by atoms with Gasteiger partial charge in [-0.1, -0.05) is 0 Å². The third-order valence-electron chi connectivity index (χ3n) is 3.20. The van der Waals surface area contributed by atoms with E-state index in [1.54, 1.807) is 0 Å². The number of nitrogens with one attached hydrogen (secondary N) is 2. The molecule has 1 aliphatic heterocycles. The Morgan fingerprint density at radius 3 is 2.94 bits per heavy atom. The van der Waals surface area contributed by atoms with Gasteiger partial charge in [-0.3, -0.25) is 9.59 Å². The zero-order valence-corrected chi connectivity index (χ0v) is 9.82. The summed E-state index contributed by atoms with van der Waals surface area (Å²) in [4.78, 5) is 22.7. The number of H-pyrrole nitrogens is 1. The number of carbonyl (C=O) groups is 1. The van der Waals surface area contributed by atoms with Gasteiger partial charge in [0.25, 0.3) is 11.5 Å². The molecule has 2 atom stereocenters. The van der Waals surface area contributed by atoms with Crippen LogP contribution in [0.25, 0.3) is 0 Å². The Balaban J connectivity index is 2.11. The molecule has 92 valence electrons. The van der Waals surface area contributed by atoms with E-state index in [-0.39, 0.29) is 28.8 Å². The molecule has 17 heavy (non-hydrogen) atoms. The highest BCUT2D eigenvalue weighted by Gasteiger charge is 2.38. The third kappa shape index (κ3) is 2.36. The molecule has 0 aliphatic carbocycles. The molecule has 0 spiro atoms. The van der Waals surface area contributed by atoms with Crippen LogP contribution in [0.2, 0.25) is 0 Å². The zero-order chi connectivity index (χ0) is 12.5. The fourth-order valence-electron chi connectivity index (χ4n) is 1.79. The Morgan fingerprint density at radius 1 is 1.65 bits per heavy atom. The predicted octanol–water partition coefficient (Wildman–Crippen LogP) is 0.0672. The second-order valence-corrected chi connectivity index (χ2v) is 4.44. The molecule has 2 rings (SSSR count). The van der Waals surface area contributed by atoms with Gasteiger partial charge in [-0.05, 0) is 26.3 Å². The van der Waals surface area contributed by atoms with Crippen LogP contribution >= 0.6 is 0 Å². The van der Waals surface area contributed by atoms with Crippen molar-refractivity contribution in [3.63, 3.8) is 0 Å². The number of aromatic nitrogens is 2. The fourth-order valence-corrected chi connectivity index (χ4v) is 1.79. The molecule has 6 nitrogen and oxygen atoms in total. The largest absolute Gasteiger partial charge is 0.376 e. The molecule has 1 aromatic heterocycles. The molecule has 2 unspecified atom stereocenters. The monoisotopic (exact) mass is 237 g/mol. The van der Waals surface area contributed by atoms with E-state index in [1.807, 2.05) is 13.8 Å². The number of ether oxygens (including phenoxy) is 1. The SMILES string of the molecule is CC1OCCC1(C)NC(=O)c1ccc(=O)[nH]n1. The lowest BCUT2D eigenvalue weighted by atomic mass is 9.94. The highest BCUT2D eigenvalue weighted by atomic mass is 16.5. The van der Waals surface area contributed by atoms with Crippen molar-refractivity contribution >= 4 is 5.91 Å². The molecule has 1 amide bonds. The number of hydrogen-bond acceptors (Lipinski definition) is 4. The summed E-state index contributed by atoms with van der Waals surface area (Å²) in [6, 6.07) is 2.68. The van der Waals surface area contributed by atoms with Crippen LogP contribution in [0, 0.1) is 0 Å². The molecular formula is C11H15N3O3. The molecular weight excluding hydrogens is 222 g/mol. The van der Waals surface area contributed by atoms with Gasteiger partial charge in [-0.15, -0.1) is 0 Å². The van der Waals surface area contributed by atoms with Gasteiger partial charge in [0.2, 0.25) is 0 Å². The molecule has 0 radical (unpaired) electrons. The van der Waals surface area contributed by atoms with Crippen molar-refractivity contribution in [2.75, 3.05) is 6.61 Å². The minimum absolute atomic E-state index is 0.0331. The van der Waals surface area contributed by atoms with Crippen LogP contribution < -0.4 is 10.9 Å². The Morgan fingerprint density at radius 2 is 2.41 bits per heavy atom. The summed E-state index contributed by atoms with van der Waals surface area (Å²) in [5, 5.41) is 8.81. The van der Waals surface area contributed by atoms with Crippen molar-refractivity contribution in [2.24, 2.45) is 0 Å². The predicted molar refractivity (Wildman–Crippen MR) is 60.8 cm³/mol. The number of amides is 1. The minimum Gasteiger partial charge on any atom is -0.376 e. The van der Waals surface area contributed by atoms with Crippen molar-refractivity contribution in [3.8, 4) is 0 Å². The normalized spacial score (nSPS) is 28.0. The molecule has 0 saturated carbocycles. The molecule has 1 aliphatic rings. The first-order valence-electron chi connectivity index (χ1n) is 5.51. The van der Waals surface area contributed by atoms with E-state index in [2.05, 4.69) is 15.5 Å². The second-order valence-electron chi connectivity index (χ2n) is 4.44. The summed E-state index contributed by atoms with van der Waals surface area (Å²) in [6.45, 7) is 4.50. The summed E-state index contributed by atoms with van der Waals surface area (Å²) in [7, 11) is 0. The average molecular weight is 237 g/mol. The third-order valence-corrected chi connectivity index (χ3v) is 3.20.